The minimum atomic E-state index is -0.0348. The molecule has 0 bridgehead atoms. The molecule has 0 unspecified atom stereocenters. The first-order valence-corrected chi connectivity index (χ1v) is 11.7. The van der Waals surface area contributed by atoms with Crippen molar-refractivity contribution in [2.45, 2.75) is 19.4 Å². The number of nitrogens with one attached hydrogen (secondary N) is 2. The first-order chi connectivity index (χ1) is 17.1. The third-order valence-electron chi connectivity index (χ3n) is 6.22. The number of fused-ring (bicyclic) bond motifs is 1. The molecule has 1 fully saturated rings. The summed E-state index contributed by atoms with van der Waals surface area (Å²) in [5.74, 6) is 1.40. The van der Waals surface area contributed by atoms with Crippen molar-refractivity contribution >= 4 is 16.7 Å². The second-order valence-electron chi connectivity index (χ2n) is 8.62. The summed E-state index contributed by atoms with van der Waals surface area (Å²) in [4.78, 5) is 6.84. The lowest BCUT2D eigenvalue weighted by atomic mass is 10.1. The van der Waals surface area contributed by atoms with Crippen LogP contribution in [0.2, 0.25) is 0 Å². The zero-order valence-electron chi connectivity index (χ0n) is 19.7. The fourth-order valence-corrected chi connectivity index (χ4v) is 4.32. The Hall–Kier alpha value is -4.04. The summed E-state index contributed by atoms with van der Waals surface area (Å²) in [6.45, 7) is 3.27. The second kappa shape index (κ2) is 10.1. The Morgan fingerprint density at radius 1 is 1.00 bits per heavy atom. The summed E-state index contributed by atoms with van der Waals surface area (Å²) in [6, 6.07) is 19.2. The minimum Gasteiger partial charge on any atom is -0.497 e. The first kappa shape index (κ1) is 22.7. The number of methoxy groups -OCH3 is 1. The van der Waals surface area contributed by atoms with Crippen molar-refractivity contribution in [3.8, 4) is 22.8 Å². The van der Waals surface area contributed by atoms with E-state index < -0.39 is 0 Å². The van der Waals surface area contributed by atoms with Crippen molar-refractivity contribution in [1.29, 1.82) is 10.8 Å². The third kappa shape index (κ3) is 5.07. The molecule has 1 aliphatic heterocycles. The maximum atomic E-state index is 8.52. The monoisotopic (exact) mass is 468 g/mol. The van der Waals surface area contributed by atoms with E-state index in [0.717, 1.165) is 28.8 Å². The normalized spacial score (nSPS) is 13.7. The van der Waals surface area contributed by atoms with Crippen molar-refractivity contribution in [2.24, 2.45) is 0 Å². The summed E-state index contributed by atoms with van der Waals surface area (Å²) in [6.07, 6.45) is 4.22. The predicted octanol–water partition coefficient (Wildman–Crippen LogP) is 4.09. The van der Waals surface area contributed by atoms with E-state index in [1.54, 1.807) is 25.4 Å². The van der Waals surface area contributed by atoms with Gasteiger partial charge in [-0.05, 0) is 61.8 Å². The van der Waals surface area contributed by atoms with Crippen molar-refractivity contribution in [2.75, 3.05) is 26.8 Å². The van der Waals surface area contributed by atoms with Gasteiger partial charge in [-0.15, -0.1) is 0 Å². The molecule has 0 radical (unpaired) electrons. The SMILES string of the molecule is COc1ccc2c(OCC(=N)n3nc(-c4ccc(CN5CCCC5)cc4)ccc3=N)ccnc2c1. The Bertz CT molecular complexity index is 1410. The van der Waals surface area contributed by atoms with E-state index in [0.29, 0.717) is 11.4 Å². The Morgan fingerprint density at radius 2 is 1.80 bits per heavy atom. The highest BCUT2D eigenvalue weighted by Gasteiger charge is 2.13. The summed E-state index contributed by atoms with van der Waals surface area (Å²) < 4.78 is 12.5. The number of ether oxygens (including phenoxy) is 2. The van der Waals surface area contributed by atoms with Gasteiger partial charge in [-0.3, -0.25) is 20.7 Å². The zero-order chi connectivity index (χ0) is 24.2. The molecule has 0 amide bonds. The molecule has 0 spiro atoms. The van der Waals surface area contributed by atoms with Gasteiger partial charge in [0.1, 0.15) is 23.6 Å². The maximum Gasteiger partial charge on any atom is 0.162 e. The van der Waals surface area contributed by atoms with Gasteiger partial charge in [0.05, 0.1) is 18.3 Å². The van der Waals surface area contributed by atoms with Gasteiger partial charge in [-0.1, -0.05) is 24.3 Å². The summed E-state index contributed by atoms with van der Waals surface area (Å²) in [5.41, 5.74) is 3.81. The number of nitrogens with zero attached hydrogens (tertiary/aromatic N) is 4. The third-order valence-corrected chi connectivity index (χ3v) is 6.22. The van der Waals surface area contributed by atoms with Crippen LogP contribution in [0.15, 0.2) is 66.9 Å². The van der Waals surface area contributed by atoms with E-state index in [9.17, 15) is 0 Å². The number of hydrogen-bond acceptors (Lipinski definition) is 7. The number of rotatable bonds is 7. The molecule has 4 aromatic rings. The standard InChI is InChI=1S/C27H28N6O2/c1-34-21-8-9-22-24(16-21)30-13-12-25(22)35-18-27(29)33-26(28)11-10-23(31-33)20-6-4-19(5-7-20)17-32-14-2-3-15-32/h4-13,16,28-29H,2-3,14-15,17-18H2,1H3. The molecule has 178 valence electrons. The lowest BCUT2D eigenvalue weighted by molar-refractivity contribution is 0.331. The van der Waals surface area contributed by atoms with Crippen LogP contribution in [0.5, 0.6) is 11.5 Å². The van der Waals surface area contributed by atoms with Crippen molar-refractivity contribution in [3.63, 3.8) is 0 Å². The minimum absolute atomic E-state index is 0.0348. The average Bonchev–Trinajstić information content (AvgIpc) is 3.40. The predicted molar refractivity (Wildman–Crippen MR) is 135 cm³/mol. The Kier molecular flexibility index (Phi) is 6.54. The molecule has 5 rings (SSSR count). The van der Waals surface area contributed by atoms with Gasteiger partial charge in [0.2, 0.25) is 0 Å². The van der Waals surface area contributed by atoms with Gasteiger partial charge in [-0.25, -0.2) is 0 Å². The van der Waals surface area contributed by atoms with Crippen molar-refractivity contribution in [3.05, 3.63) is 77.9 Å². The second-order valence-corrected chi connectivity index (χ2v) is 8.62. The molecule has 8 heteroatoms. The molecule has 2 aromatic carbocycles. The summed E-state index contributed by atoms with van der Waals surface area (Å²) in [5, 5.41) is 22.2. The molecule has 8 nitrogen and oxygen atoms in total. The van der Waals surface area contributed by atoms with Crippen LogP contribution >= 0.6 is 0 Å². The number of aromatic nitrogens is 3. The largest absolute Gasteiger partial charge is 0.497 e. The molecule has 1 aliphatic rings. The van der Waals surface area contributed by atoms with Gasteiger partial charge in [0.15, 0.2) is 5.84 Å². The van der Waals surface area contributed by atoms with Crippen LogP contribution in [0.25, 0.3) is 22.2 Å². The Morgan fingerprint density at radius 3 is 2.57 bits per heavy atom. The molecule has 2 aromatic heterocycles. The van der Waals surface area contributed by atoms with Gasteiger partial charge in [0.25, 0.3) is 0 Å². The van der Waals surface area contributed by atoms with Crippen LogP contribution in [0.1, 0.15) is 18.4 Å². The van der Waals surface area contributed by atoms with Crippen LogP contribution in [0.3, 0.4) is 0 Å². The molecule has 3 heterocycles. The van der Waals surface area contributed by atoms with Crippen LogP contribution in [-0.2, 0) is 6.54 Å². The van der Waals surface area contributed by atoms with E-state index in [4.69, 9.17) is 20.3 Å². The lowest BCUT2D eigenvalue weighted by Crippen LogP contribution is -2.32. The molecule has 0 saturated carbocycles. The van der Waals surface area contributed by atoms with Crippen LogP contribution < -0.4 is 15.0 Å². The number of hydrogen-bond donors (Lipinski definition) is 2. The van der Waals surface area contributed by atoms with Crippen LogP contribution in [0.4, 0.5) is 0 Å². The van der Waals surface area contributed by atoms with E-state index in [2.05, 4.69) is 39.2 Å². The highest BCUT2D eigenvalue weighted by Crippen LogP contribution is 2.27. The molecular formula is C27H28N6O2. The van der Waals surface area contributed by atoms with Gasteiger partial charge in [-0.2, -0.15) is 9.78 Å². The highest BCUT2D eigenvalue weighted by molar-refractivity contribution is 5.87. The van der Waals surface area contributed by atoms with E-state index in [1.807, 2.05) is 24.3 Å². The Labute approximate surface area is 203 Å². The quantitative estimate of drug-likeness (QED) is 0.314. The van der Waals surface area contributed by atoms with Crippen molar-refractivity contribution < 1.29 is 9.47 Å². The first-order valence-electron chi connectivity index (χ1n) is 11.7. The summed E-state index contributed by atoms with van der Waals surface area (Å²) in [7, 11) is 1.61. The maximum absolute atomic E-state index is 8.52. The zero-order valence-corrected chi connectivity index (χ0v) is 19.7. The molecule has 0 atom stereocenters. The fraction of sp³-hybridized carbons (Fsp3) is 0.259. The Balaban J connectivity index is 1.31. The molecule has 1 saturated heterocycles. The smallest absolute Gasteiger partial charge is 0.162 e. The van der Waals surface area contributed by atoms with Crippen molar-refractivity contribution in [1.82, 2.24) is 19.7 Å². The lowest BCUT2D eigenvalue weighted by Gasteiger charge is -2.15. The van der Waals surface area contributed by atoms with E-state index >= 15 is 0 Å². The van der Waals surface area contributed by atoms with Crippen LogP contribution in [-0.4, -0.2) is 52.3 Å². The molecule has 35 heavy (non-hydrogen) atoms. The molecule has 0 aliphatic carbocycles. The van der Waals surface area contributed by atoms with E-state index in [1.165, 1.54) is 36.2 Å². The average molecular weight is 469 g/mol. The topological polar surface area (TPSA) is 100 Å². The van der Waals surface area contributed by atoms with Gasteiger partial charge < -0.3 is 9.47 Å². The number of pyridine rings is 1. The summed E-state index contributed by atoms with van der Waals surface area (Å²) >= 11 is 0. The van der Waals surface area contributed by atoms with Crippen LogP contribution in [0, 0.1) is 10.8 Å². The number of benzene rings is 2. The fourth-order valence-electron chi connectivity index (χ4n) is 4.32. The van der Waals surface area contributed by atoms with E-state index in [-0.39, 0.29) is 17.9 Å². The molecular weight excluding hydrogens is 440 g/mol. The van der Waals surface area contributed by atoms with Gasteiger partial charge >= 0.3 is 0 Å². The highest BCUT2D eigenvalue weighted by atomic mass is 16.5. The van der Waals surface area contributed by atoms with Gasteiger partial charge in [0, 0.05) is 29.8 Å². The molecule has 2 N–H and O–H groups in total. The number of likely N-dealkylation sites (tertiary alicyclic amines) is 1.